The fourth-order valence-corrected chi connectivity index (χ4v) is 3.27. The molecular weight excluding hydrogens is 398 g/mol. The highest BCUT2D eigenvalue weighted by Gasteiger charge is 2.14. The first-order chi connectivity index (χ1) is 15.1. The Balaban J connectivity index is 1.58. The summed E-state index contributed by atoms with van der Waals surface area (Å²) in [6, 6.07) is 15.2. The Morgan fingerprint density at radius 2 is 1.87 bits per heavy atom. The van der Waals surface area contributed by atoms with Gasteiger partial charge in [-0.15, -0.1) is 0 Å². The van der Waals surface area contributed by atoms with Gasteiger partial charge in [-0.1, -0.05) is 5.16 Å². The van der Waals surface area contributed by atoms with Gasteiger partial charge < -0.3 is 14.2 Å². The number of aromatic amines is 1. The van der Waals surface area contributed by atoms with Crippen LogP contribution < -0.4 is 16.0 Å². The molecule has 3 heterocycles. The summed E-state index contributed by atoms with van der Waals surface area (Å²) in [4.78, 5) is 36.8. The number of pyridine rings is 1. The van der Waals surface area contributed by atoms with E-state index in [1.807, 2.05) is 6.07 Å². The van der Waals surface area contributed by atoms with Gasteiger partial charge in [0.2, 0.25) is 5.82 Å². The third kappa shape index (κ3) is 3.27. The number of ether oxygens (including phenoxy) is 1. The van der Waals surface area contributed by atoms with Crippen molar-refractivity contribution in [1.29, 1.82) is 0 Å². The van der Waals surface area contributed by atoms with Crippen molar-refractivity contribution in [2.24, 2.45) is 0 Å². The summed E-state index contributed by atoms with van der Waals surface area (Å²) >= 11 is 0. The van der Waals surface area contributed by atoms with Crippen LogP contribution in [0, 0.1) is 0 Å². The molecule has 0 aliphatic rings. The Bertz CT molecular complexity index is 1500. The molecule has 31 heavy (non-hydrogen) atoms. The lowest BCUT2D eigenvalue weighted by Crippen LogP contribution is -2.33. The first-order valence-corrected chi connectivity index (χ1v) is 9.32. The maximum atomic E-state index is 13.0. The molecule has 0 bridgehead atoms. The van der Waals surface area contributed by atoms with Crippen LogP contribution in [0.3, 0.4) is 0 Å². The van der Waals surface area contributed by atoms with E-state index < -0.39 is 11.2 Å². The van der Waals surface area contributed by atoms with E-state index in [1.54, 1.807) is 68.0 Å². The van der Waals surface area contributed by atoms with Crippen molar-refractivity contribution >= 4 is 10.9 Å². The Labute approximate surface area is 174 Å². The highest BCUT2D eigenvalue weighted by atomic mass is 16.5. The molecule has 9 nitrogen and oxygen atoms in total. The summed E-state index contributed by atoms with van der Waals surface area (Å²) in [6.45, 7) is 0. The molecule has 9 heteroatoms. The van der Waals surface area contributed by atoms with Gasteiger partial charge in [-0.25, -0.2) is 9.36 Å². The third-order valence-electron chi connectivity index (χ3n) is 4.82. The predicted octanol–water partition coefficient (Wildman–Crippen LogP) is 2.80. The highest BCUT2D eigenvalue weighted by molar-refractivity contribution is 5.82. The maximum absolute atomic E-state index is 13.0. The van der Waals surface area contributed by atoms with Gasteiger partial charge in [0.15, 0.2) is 0 Å². The van der Waals surface area contributed by atoms with Gasteiger partial charge in [0.1, 0.15) is 5.75 Å². The molecule has 0 radical (unpaired) electrons. The first-order valence-electron chi connectivity index (χ1n) is 9.32. The van der Waals surface area contributed by atoms with Crippen molar-refractivity contribution in [3.05, 3.63) is 87.8 Å². The number of H-pyrrole nitrogens is 1. The monoisotopic (exact) mass is 413 g/mol. The van der Waals surface area contributed by atoms with E-state index in [1.165, 1.54) is 0 Å². The third-order valence-corrected chi connectivity index (χ3v) is 4.82. The van der Waals surface area contributed by atoms with Crippen molar-refractivity contribution in [3.63, 3.8) is 0 Å². The molecule has 5 rings (SSSR count). The van der Waals surface area contributed by atoms with Crippen molar-refractivity contribution in [1.82, 2.24) is 24.7 Å². The molecule has 0 aliphatic heterocycles. The topological polar surface area (TPSA) is 116 Å². The summed E-state index contributed by atoms with van der Waals surface area (Å²) in [6.07, 6.45) is 3.29. The average Bonchev–Trinajstić information content (AvgIpc) is 3.30. The number of hydrogen-bond acceptors (Lipinski definition) is 7. The summed E-state index contributed by atoms with van der Waals surface area (Å²) in [5.74, 6) is 1.29. The summed E-state index contributed by atoms with van der Waals surface area (Å²) in [5, 5.41) is 4.32. The Morgan fingerprint density at radius 3 is 2.61 bits per heavy atom. The zero-order chi connectivity index (χ0) is 21.4. The van der Waals surface area contributed by atoms with E-state index in [0.29, 0.717) is 39.3 Å². The van der Waals surface area contributed by atoms with Crippen LogP contribution in [-0.4, -0.2) is 31.8 Å². The van der Waals surface area contributed by atoms with Crippen LogP contribution in [0.5, 0.6) is 5.75 Å². The van der Waals surface area contributed by atoms with E-state index in [-0.39, 0.29) is 5.89 Å². The number of hydrogen-bond donors (Lipinski definition) is 1. The lowest BCUT2D eigenvalue weighted by atomic mass is 10.1. The SMILES string of the molecule is COc1ccc(-n2c(=O)[nH]c3cc(-c4nc(-c5cccnc5)no4)ccc3c2=O)cc1. The molecule has 0 unspecified atom stereocenters. The molecule has 0 fully saturated rings. The van der Waals surface area contributed by atoms with E-state index in [2.05, 4.69) is 20.1 Å². The van der Waals surface area contributed by atoms with Crippen LogP contribution in [0.2, 0.25) is 0 Å². The van der Waals surface area contributed by atoms with Crippen LogP contribution in [0.15, 0.2) is 81.1 Å². The van der Waals surface area contributed by atoms with Crippen molar-refractivity contribution in [2.45, 2.75) is 0 Å². The van der Waals surface area contributed by atoms with Gasteiger partial charge in [0.25, 0.3) is 11.4 Å². The van der Waals surface area contributed by atoms with Gasteiger partial charge in [-0.05, 0) is 54.6 Å². The van der Waals surface area contributed by atoms with E-state index in [9.17, 15) is 9.59 Å². The van der Waals surface area contributed by atoms with Crippen LogP contribution in [0.4, 0.5) is 0 Å². The van der Waals surface area contributed by atoms with E-state index in [0.717, 1.165) is 4.57 Å². The number of rotatable bonds is 4. The molecular formula is C22H15N5O4. The minimum Gasteiger partial charge on any atom is -0.497 e. The lowest BCUT2D eigenvalue weighted by Gasteiger charge is -2.08. The largest absolute Gasteiger partial charge is 0.497 e. The quantitative estimate of drug-likeness (QED) is 0.482. The zero-order valence-electron chi connectivity index (χ0n) is 16.3. The van der Waals surface area contributed by atoms with Crippen LogP contribution >= 0.6 is 0 Å². The standard InChI is InChI=1S/C22H15N5O4/c1-30-16-7-5-15(6-8-16)27-21(28)17-9-4-13(11-18(17)24-22(27)29)20-25-19(26-31-20)14-3-2-10-23-12-14/h2-12H,1H3,(H,24,29). The molecule has 5 aromatic rings. The molecule has 0 saturated carbocycles. The Kier molecular flexibility index (Phi) is 4.40. The second-order valence-electron chi connectivity index (χ2n) is 6.69. The molecule has 152 valence electrons. The minimum atomic E-state index is -0.554. The maximum Gasteiger partial charge on any atom is 0.333 e. The van der Waals surface area contributed by atoms with Gasteiger partial charge in [-0.3, -0.25) is 9.78 Å². The number of fused-ring (bicyclic) bond motifs is 1. The number of nitrogens with zero attached hydrogens (tertiary/aromatic N) is 4. The van der Waals surface area contributed by atoms with Crippen molar-refractivity contribution in [3.8, 4) is 34.3 Å². The molecule has 0 saturated heterocycles. The second kappa shape index (κ2) is 7.38. The molecule has 0 amide bonds. The molecule has 3 aromatic heterocycles. The Hall–Kier alpha value is -4.53. The molecule has 0 spiro atoms. The lowest BCUT2D eigenvalue weighted by molar-refractivity contribution is 0.414. The summed E-state index contributed by atoms with van der Waals surface area (Å²) in [7, 11) is 1.55. The number of benzene rings is 2. The summed E-state index contributed by atoms with van der Waals surface area (Å²) in [5.41, 5.74) is 1.12. The fraction of sp³-hybridized carbons (Fsp3) is 0.0455. The van der Waals surface area contributed by atoms with E-state index >= 15 is 0 Å². The molecule has 0 atom stereocenters. The van der Waals surface area contributed by atoms with Crippen molar-refractivity contribution in [2.75, 3.05) is 7.11 Å². The predicted molar refractivity (Wildman–Crippen MR) is 113 cm³/mol. The number of nitrogens with one attached hydrogen (secondary N) is 1. The van der Waals surface area contributed by atoms with Gasteiger partial charge in [-0.2, -0.15) is 4.98 Å². The molecule has 2 aromatic carbocycles. The highest BCUT2D eigenvalue weighted by Crippen LogP contribution is 2.23. The Morgan fingerprint density at radius 1 is 1.03 bits per heavy atom. The number of aromatic nitrogens is 5. The summed E-state index contributed by atoms with van der Waals surface area (Å²) < 4.78 is 11.6. The average molecular weight is 413 g/mol. The zero-order valence-corrected chi connectivity index (χ0v) is 16.3. The van der Waals surface area contributed by atoms with Crippen molar-refractivity contribution < 1.29 is 9.26 Å². The fourth-order valence-electron chi connectivity index (χ4n) is 3.27. The van der Waals surface area contributed by atoms with Gasteiger partial charge in [0, 0.05) is 23.5 Å². The van der Waals surface area contributed by atoms with E-state index in [4.69, 9.17) is 9.26 Å². The number of methoxy groups -OCH3 is 1. The minimum absolute atomic E-state index is 0.265. The van der Waals surface area contributed by atoms with Gasteiger partial charge >= 0.3 is 5.69 Å². The smallest absolute Gasteiger partial charge is 0.333 e. The van der Waals surface area contributed by atoms with Gasteiger partial charge in [0.05, 0.1) is 23.7 Å². The second-order valence-corrected chi connectivity index (χ2v) is 6.69. The van der Waals surface area contributed by atoms with Crippen LogP contribution in [0.25, 0.3) is 39.4 Å². The molecule has 1 N–H and O–H groups in total. The van der Waals surface area contributed by atoms with Crippen LogP contribution in [-0.2, 0) is 0 Å². The normalized spacial score (nSPS) is 11.0. The molecule has 0 aliphatic carbocycles. The van der Waals surface area contributed by atoms with Crippen LogP contribution in [0.1, 0.15) is 0 Å². The first kappa shape index (κ1) is 18.5.